The average molecular weight is 187 g/mol. The number of hydrogen-bond acceptors (Lipinski definition) is 1. The Morgan fingerprint density at radius 2 is 2.22 bits per heavy atom. The standard InChI is InChI=1S/C4H5Cl3N2/c5-1-3(7)9-4(8)2-6/h1H,2H2,(H2,8,9)/b3-1+. The van der Waals surface area contributed by atoms with Gasteiger partial charge in [-0.2, -0.15) is 0 Å². The van der Waals surface area contributed by atoms with Crippen molar-refractivity contribution in [3.05, 3.63) is 10.7 Å². The summed E-state index contributed by atoms with van der Waals surface area (Å²) in [7, 11) is 0. The molecule has 0 aliphatic rings. The van der Waals surface area contributed by atoms with Gasteiger partial charge in [-0.05, 0) is 0 Å². The fourth-order valence-electron chi connectivity index (χ4n) is 0.191. The zero-order chi connectivity index (χ0) is 7.28. The zero-order valence-electron chi connectivity index (χ0n) is 4.44. The lowest BCUT2D eigenvalue weighted by molar-refractivity contribution is 1.44. The minimum atomic E-state index is 0.134. The summed E-state index contributed by atoms with van der Waals surface area (Å²) in [5, 5.41) is 0.134. The summed E-state index contributed by atoms with van der Waals surface area (Å²) in [6.07, 6.45) is 0. The Hall–Kier alpha value is 0.0800. The summed E-state index contributed by atoms with van der Waals surface area (Å²) in [6, 6.07) is 0. The van der Waals surface area contributed by atoms with Gasteiger partial charge in [0, 0.05) is 5.54 Å². The van der Waals surface area contributed by atoms with Gasteiger partial charge in [0.05, 0.1) is 5.88 Å². The molecule has 0 rings (SSSR count). The van der Waals surface area contributed by atoms with Crippen molar-refractivity contribution in [2.75, 3.05) is 5.88 Å². The highest BCUT2D eigenvalue weighted by Crippen LogP contribution is 2.03. The fourth-order valence-corrected chi connectivity index (χ4v) is 0.409. The molecule has 5 heteroatoms. The van der Waals surface area contributed by atoms with Crippen molar-refractivity contribution in [1.82, 2.24) is 0 Å². The van der Waals surface area contributed by atoms with Gasteiger partial charge in [-0.25, -0.2) is 4.99 Å². The van der Waals surface area contributed by atoms with Crippen LogP contribution < -0.4 is 5.73 Å². The third kappa shape index (κ3) is 4.58. The molecule has 2 nitrogen and oxygen atoms in total. The van der Waals surface area contributed by atoms with Crippen LogP contribution in [0.3, 0.4) is 0 Å². The highest BCUT2D eigenvalue weighted by Gasteiger charge is 1.88. The monoisotopic (exact) mass is 186 g/mol. The molecule has 0 saturated heterocycles. The van der Waals surface area contributed by atoms with Crippen molar-refractivity contribution in [3.63, 3.8) is 0 Å². The Kier molecular flexibility index (Phi) is 4.96. The number of amidine groups is 1. The van der Waals surface area contributed by atoms with E-state index in [0.717, 1.165) is 5.54 Å². The topological polar surface area (TPSA) is 38.4 Å². The molecule has 0 aliphatic heterocycles. The second-order valence-electron chi connectivity index (χ2n) is 1.17. The molecule has 0 aromatic rings. The second kappa shape index (κ2) is 4.91. The molecular formula is C4H5Cl3N2. The van der Waals surface area contributed by atoms with Gasteiger partial charge in [0.25, 0.3) is 0 Å². The summed E-state index contributed by atoms with van der Waals surface area (Å²) >= 11 is 15.8. The predicted octanol–water partition coefficient (Wildman–Crippen LogP) is 1.86. The van der Waals surface area contributed by atoms with Crippen molar-refractivity contribution in [2.24, 2.45) is 10.7 Å². The van der Waals surface area contributed by atoms with Crippen LogP contribution in [-0.2, 0) is 0 Å². The van der Waals surface area contributed by atoms with Crippen molar-refractivity contribution >= 4 is 40.6 Å². The van der Waals surface area contributed by atoms with Crippen LogP contribution in [0.25, 0.3) is 0 Å². The second-order valence-corrected chi connectivity index (χ2v) is 2.04. The molecule has 0 heterocycles. The van der Waals surface area contributed by atoms with Crippen molar-refractivity contribution in [2.45, 2.75) is 0 Å². The van der Waals surface area contributed by atoms with Crippen LogP contribution in [0.2, 0.25) is 0 Å². The SMILES string of the molecule is N/C(CCl)=N\C(Cl)=C\Cl. The first-order valence-corrected chi connectivity index (χ1v) is 3.40. The van der Waals surface area contributed by atoms with E-state index in [0.29, 0.717) is 0 Å². The third-order valence-corrected chi connectivity index (χ3v) is 1.26. The quantitative estimate of drug-likeness (QED) is 0.305. The molecular weight excluding hydrogens is 182 g/mol. The molecule has 52 valence electrons. The van der Waals surface area contributed by atoms with Crippen LogP contribution in [0.1, 0.15) is 0 Å². The number of nitrogens with zero attached hydrogens (tertiary/aromatic N) is 1. The lowest BCUT2D eigenvalue weighted by Crippen LogP contribution is -2.12. The lowest BCUT2D eigenvalue weighted by atomic mass is 10.7. The molecule has 0 amide bonds. The molecule has 0 saturated carbocycles. The lowest BCUT2D eigenvalue weighted by Gasteiger charge is -1.89. The minimum absolute atomic E-state index is 0.134. The molecule has 0 aromatic heterocycles. The highest BCUT2D eigenvalue weighted by molar-refractivity contribution is 6.37. The highest BCUT2D eigenvalue weighted by atomic mass is 35.5. The van der Waals surface area contributed by atoms with Crippen molar-refractivity contribution < 1.29 is 0 Å². The van der Waals surface area contributed by atoms with E-state index in [1.807, 2.05) is 0 Å². The maximum absolute atomic E-state index is 5.34. The van der Waals surface area contributed by atoms with E-state index in [1.165, 1.54) is 0 Å². The number of hydrogen-bond donors (Lipinski definition) is 1. The van der Waals surface area contributed by atoms with Gasteiger partial charge in [0.15, 0.2) is 0 Å². The first-order valence-electron chi connectivity index (χ1n) is 2.05. The Morgan fingerprint density at radius 3 is 2.56 bits per heavy atom. The number of aliphatic imine (C=N–C) groups is 1. The van der Waals surface area contributed by atoms with Crippen LogP contribution in [-0.4, -0.2) is 11.7 Å². The van der Waals surface area contributed by atoms with Gasteiger partial charge in [0.1, 0.15) is 11.0 Å². The molecule has 0 radical (unpaired) electrons. The van der Waals surface area contributed by atoms with Crippen molar-refractivity contribution in [1.29, 1.82) is 0 Å². The number of nitrogens with two attached hydrogens (primary N) is 1. The normalized spacial score (nSPS) is 14.1. The third-order valence-electron chi connectivity index (χ3n) is 0.477. The number of alkyl halides is 1. The van der Waals surface area contributed by atoms with Gasteiger partial charge >= 0.3 is 0 Å². The number of rotatable bonds is 2. The van der Waals surface area contributed by atoms with E-state index in [1.54, 1.807) is 0 Å². The first-order chi connectivity index (χ1) is 4.20. The van der Waals surface area contributed by atoms with E-state index in [2.05, 4.69) is 4.99 Å². The molecule has 0 bridgehead atoms. The molecule has 0 aromatic carbocycles. The molecule has 0 unspecified atom stereocenters. The van der Waals surface area contributed by atoms with Gasteiger partial charge < -0.3 is 5.73 Å². The van der Waals surface area contributed by atoms with Gasteiger partial charge in [-0.1, -0.05) is 23.2 Å². The van der Waals surface area contributed by atoms with Crippen LogP contribution in [0.5, 0.6) is 0 Å². The Morgan fingerprint density at radius 1 is 1.67 bits per heavy atom. The summed E-state index contributed by atoms with van der Waals surface area (Å²) in [5.74, 6) is 0.402. The average Bonchev–Trinajstić information content (AvgIpc) is 1.87. The molecule has 0 spiro atoms. The van der Waals surface area contributed by atoms with E-state index in [9.17, 15) is 0 Å². The van der Waals surface area contributed by atoms with Gasteiger partial charge in [0.2, 0.25) is 0 Å². The number of halogens is 3. The van der Waals surface area contributed by atoms with Gasteiger partial charge in [-0.3, -0.25) is 0 Å². The summed E-state index contributed by atoms with van der Waals surface area (Å²) < 4.78 is 0. The Bertz CT molecular complexity index is 141. The largest absolute Gasteiger partial charge is 0.386 e. The van der Waals surface area contributed by atoms with E-state index in [-0.39, 0.29) is 16.9 Å². The van der Waals surface area contributed by atoms with Crippen LogP contribution >= 0.6 is 34.8 Å². The molecule has 2 N–H and O–H groups in total. The van der Waals surface area contributed by atoms with E-state index in [4.69, 9.17) is 40.5 Å². The molecule has 9 heavy (non-hydrogen) atoms. The minimum Gasteiger partial charge on any atom is -0.386 e. The van der Waals surface area contributed by atoms with E-state index >= 15 is 0 Å². The van der Waals surface area contributed by atoms with Crippen LogP contribution in [0.15, 0.2) is 15.7 Å². The summed E-state index contributed by atoms with van der Waals surface area (Å²) in [6.45, 7) is 0. The van der Waals surface area contributed by atoms with Crippen LogP contribution in [0, 0.1) is 0 Å². The van der Waals surface area contributed by atoms with Crippen molar-refractivity contribution in [3.8, 4) is 0 Å². The predicted molar refractivity (Wildman–Crippen MR) is 42.1 cm³/mol. The maximum atomic E-state index is 5.34. The zero-order valence-corrected chi connectivity index (χ0v) is 6.71. The molecule has 0 atom stereocenters. The van der Waals surface area contributed by atoms with Crippen LogP contribution in [0.4, 0.5) is 0 Å². The van der Waals surface area contributed by atoms with E-state index < -0.39 is 0 Å². The maximum Gasteiger partial charge on any atom is 0.142 e. The smallest absolute Gasteiger partial charge is 0.142 e. The first kappa shape index (κ1) is 9.08. The molecule has 0 aliphatic carbocycles. The fraction of sp³-hybridized carbons (Fsp3) is 0.250. The Balaban J connectivity index is 3.95. The summed E-state index contributed by atoms with van der Waals surface area (Å²) in [4.78, 5) is 3.57. The molecule has 0 fully saturated rings. The Labute approximate surface area is 68.3 Å². The van der Waals surface area contributed by atoms with Gasteiger partial charge in [-0.15, -0.1) is 11.6 Å². The summed E-state index contributed by atoms with van der Waals surface area (Å²) in [5.41, 5.74) is 6.30.